The van der Waals surface area contributed by atoms with E-state index in [2.05, 4.69) is 10.9 Å². The van der Waals surface area contributed by atoms with Gasteiger partial charge in [-0.05, 0) is 62.3 Å². The summed E-state index contributed by atoms with van der Waals surface area (Å²) in [6.45, 7) is 5.52. The highest BCUT2D eigenvalue weighted by molar-refractivity contribution is 5.89. The van der Waals surface area contributed by atoms with Gasteiger partial charge >= 0.3 is 5.97 Å². The standard InChI is InChI=1S/C20H24N2O5/c1-10-4-7-15(8-11(10)2)27-12(3)18(23)21-22-19(24)16-13-5-6-14(9-13)17(16)20(25)26/h4-8,12-14,16-17H,9H2,1-3H3,(H,21,23)(H,22,24)(H,25,26). The van der Waals surface area contributed by atoms with Gasteiger partial charge < -0.3 is 9.84 Å². The van der Waals surface area contributed by atoms with Crippen LogP contribution < -0.4 is 15.6 Å². The molecule has 5 atom stereocenters. The third-order valence-electron chi connectivity index (χ3n) is 5.52. The van der Waals surface area contributed by atoms with Gasteiger partial charge in [0.15, 0.2) is 6.10 Å². The Morgan fingerprint density at radius 3 is 2.37 bits per heavy atom. The van der Waals surface area contributed by atoms with Crippen molar-refractivity contribution in [3.05, 3.63) is 41.5 Å². The average Bonchev–Trinajstić information content (AvgIpc) is 3.23. The molecule has 3 N–H and O–H groups in total. The fraction of sp³-hybridized carbons (Fsp3) is 0.450. The van der Waals surface area contributed by atoms with Gasteiger partial charge in [-0.15, -0.1) is 0 Å². The van der Waals surface area contributed by atoms with Crippen molar-refractivity contribution < 1.29 is 24.2 Å². The molecule has 7 nitrogen and oxygen atoms in total. The van der Waals surface area contributed by atoms with Gasteiger partial charge in [0.2, 0.25) is 5.91 Å². The molecule has 2 aliphatic rings. The largest absolute Gasteiger partial charge is 0.481 e. The van der Waals surface area contributed by atoms with Crippen molar-refractivity contribution in [1.29, 1.82) is 0 Å². The van der Waals surface area contributed by atoms with Crippen LogP contribution >= 0.6 is 0 Å². The van der Waals surface area contributed by atoms with Crippen molar-refractivity contribution in [2.45, 2.75) is 33.3 Å². The lowest BCUT2D eigenvalue weighted by Gasteiger charge is -2.24. The van der Waals surface area contributed by atoms with Crippen molar-refractivity contribution in [2.75, 3.05) is 0 Å². The van der Waals surface area contributed by atoms with Crippen molar-refractivity contribution >= 4 is 17.8 Å². The number of hydrogen-bond donors (Lipinski definition) is 3. The van der Waals surface area contributed by atoms with Gasteiger partial charge in [0.1, 0.15) is 5.75 Å². The summed E-state index contributed by atoms with van der Waals surface area (Å²) in [5.74, 6) is -3.04. The first-order valence-electron chi connectivity index (χ1n) is 9.02. The number of hydrogen-bond acceptors (Lipinski definition) is 4. The van der Waals surface area contributed by atoms with Crippen LogP contribution in [0.5, 0.6) is 5.75 Å². The predicted octanol–water partition coefficient (Wildman–Crippen LogP) is 1.74. The number of allylic oxidation sites excluding steroid dienone is 2. The molecule has 2 bridgehead atoms. The van der Waals surface area contributed by atoms with Gasteiger partial charge in [0, 0.05) is 0 Å². The number of carboxylic acid groups (broad SMARTS) is 1. The number of amides is 2. The molecule has 0 spiro atoms. The topological polar surface area (TPSA) is 105 Å². The fourth-order valence-electron chi connectivity index (χ4n) is 3.87. The van der Waals surface area contributed by atoms with Gasteiger partial charge in [0.05, 0.1) is 11.8 Å². The number of ether oxygens (including phenoxy) is 1. The van der Waals surface area contributed by atoms with Crippen LogP contribution in [0, 0.1) is 37.5 Å². The Labute approximate surface area is 157 Å². The molecular formula is C20H24N2O5. The third kappa shape index (κ3) is 3.82. The number of rotatable bonds is 5. The summed E-state index contributed by atoms with van der Waals surface area (Å²) in [5, 5.41) is 9.41. The van der Waals surface area contributed by atoms with E-state index in [1.165, 1.54) is 0 Å². The molecule has 5 unspecified atom stereocenters. The van der Waals surface area contributed by atoms with E-state index in [1.54, 1.807) is 13.0 Å². The SMILES string of the molecule is Cc1ccc(OC(C)C(=O)NNC(=O)C2C3C=CC(C3)C2C(=O)O)cc1C. The van der Waals surface area contributed by atoms with Gasteiger partial charge in [-0.1, -0.05) is 18.2 Å². The van der Waals surface area contributed by atoms with Crippen molar-refractivity contribution in [2.24, 2.45) is 23.7 Å². The summed E-state index contributed by atoms with van der Waals surface area (Å²) in [5.41, 5.74) is 6.89. The third-order valence-corrected chi connectivity index (χ3v) is 5.52. The smallest absolute Gasteiger partial charge is 0.307 e. The van der Waals surface area contributed by atoms with Gasteiger partial charge in [-0.2, -0.15) is 0 Å². The normalized spacial score (nSPS) is 26.5. The molecule has 0 aromatic heterocycles. The van der Waals surface area contributed by atoms with Crippen LogP contribution in [0.2, 0.25) is 0 Å². The van der Waals surface area contributed by atoms with Gasteiger partial charge in [-0.25, -0.2) is 0 Å². The number of carbonyl (C=O) groups is 3. The van der Waals surface area contributed by atoms with Crippen LogP contribution in [-0.2, 0) is 14.4 Å². The zero-order valence-corrected chi connectivity index (χ0v) is 15.6. The van der Waals surface area contributed by atoms with Crippen LogP contribution in [0.1, 0.15) is 24.5 Å². The molecule has 2 aliphatic carbocycles. The number of nitrogens with one attached hydrogen (secondary N) is 2. The Kier molecular flexibility index (Phi) is 5.21. The minimum absolute atomic E-state index is 0.0998. The molecule has 3 rings (SSSR count). The number of carboxylic acids is 1. The molecule has 0 aliphatic heterocycles. The van der Waals surface area contributed by atoms with E-state index in [0.29, 0.717) is 12.2 Å². The second-order valence-corrected chi connectivity index (χ2v) is 7.32. The van der Waals surface area contributed by atoms with Crippen LogP contribution in [0.15, 0.2) is 30.4 Å². The summed E-state index contributed by atoms with van der Waals surface area (Å²) in [7, 11) is 0. The van der Waals surface area contributed by atoms with Crippen LogP contribution in [0.4, 0.5) is 0 Å². The molecule has 0 saturated heterocycles. The maximum atomic E-state index is 12.5. The van der Waals surface area contributed by atoms with Crippen LogP contribution in [-0.4, -0.2) is 29.0 Å². The molecule has 144 valence electrons. The maximum absolute atomic E-state index is 12.5. The lowest BCUT2D eigenvalue weighted by Crippen LogP contribution is -2.51. The monoisotopic (exact) mass is 372 g/mol. The Bertz CT molecular complexity index is 804. The van der Waals surface area contributed by atoms with Crippen molar-refractivity contribution in [1.82, 2.24) is 10.9 Å². The molecule has 1 aromatic rings. The molecule has 0 heterocycles. The zero-order chi connectivity index (χ0) is 19.7. The highest BCUT2D eigenvalue weighted by Gasteiger charge is 2.51. The van der Waals surface area contributed by atoms with E-state index in [1.807, 2.05) is 38.1 Å². The fourth-order valence-corrected chi connectivity index (χ4v) is 3.87. The van der Waals surface area contributed by atoms with E-state index < -0.39 is 35.7 Å². The Morgan fingerprint density at radius 2 is 1.74 bits per heavy atom. The van der Waals surface area contributed by atoms with E-state index >= 15 is 0 Å². The number of fused-ring (bicyclic) bond motifs is 2. The average molecular weight is 372 g/mol. The predicted molar refractivity (Wildman–Crippen MR) is 97.6 cm³/mol. The molecular weight excluding hydrogens is 348 g/mol. The summed E-state index contributed by atoms with van der Waals surface area (Å²) >= 11 is 0. The second kappa shape index (κ2) is 7.42. The van der Waals surface area contributed by atoms with Gasteiger partial charge in [-0.3, -0.25) is 25.2 Å². The van der Waals surface area contributed by atoms with Crippen molar-refractivity contribution in [3.63, 3.8) is 0 Å². The maximum Gasteiger partial charge on any atom is 0.307 e. The highest BCUT2D eigenvalue weighted by atomic mass is 16.5. The van der Waals surface area contributed by atoms with Crippen LogP contribution in [0.3, 0.4) is 0 Å². The molecule has 0 radical (unpaired) electrons. The summed E-state index contributed by atoms with van der Waals surface area (Å²) in [4.78, 5) is 36.2. The molecule has 7 heteroatoms. The summed E-state index contributed by atoms with van der Waals surface area (Å²) < 4.78 is 5.61. The van der Waals surface area contributed by atoms with Crippen LogP contribution in [0.25, 0.3) is 0 Å². The quantitative estimate of drug-likeness (QED) is 0.539. The Morgan fingerprint density at radius 1 is 1.07 bits per heavy atom. The lowest BCUT2D eigenvalue weighted by atomic mass is 9.82. The number of hydrazine groups is 1. The summed E-state index contributed by atoms with van der Waals surface area (Å²) in [6.07, 6.45) is 3.60. The van der Waals surface area contributed by atoms with E-state index in [-0.39, 0.29) is 11.8 Å². The van der Waals surface area contributed by atoms with Gasteiger partial charge in [0.25, 0.3) is 5.91 Å². The first kappa shape index (κ1) is 18.9. The highest BCUT2D eigenvalue weighted by Crippen LogP contribution is 2.48. The van der Waals surface area contributed by atoms with E-state index in [9.17, 15) is 19.5 Å². The Hall–Kier alpha value is -2.83. The molecule has 27 heavy (non-hydrogen) atoms. The summed E-state index contributed by atoms with van der Waals surface area (Å²) in [6, 6.07) is 5.53. The first-order valence-corrected chi connectivity index (χ1v) is 9.02. The number of carbonyl (C=O) groups excluding carboxylic acids is 2. The second-order valence-electron chi connectivity index (χ2n) is 7.32. The molecule has 1 saturated carbocycles. The first-order chi connectivity index (χ1) is 12.8. The minimum atomic E-state index is -0.982. The zero-order valence-electron chi connectivity index (χ0n) is 15.6. The molecule has 1 aromatic carbocycles. The minimum Gasteiger partial charge on any atom is -0.481 e. The van der Waals surface area contributed by atoms with E-state index in [4.69, 9.17) is 4.74 Å². The number of benzene rings is 1. The lowest BCUT2D eigenvalue weighted by molar-refractivity contribution is -0.148. The molecule has 1 fully saturated rings. The molecule has 2 amide bonds. The number of aryl methyl sites for hydroxylation is 2. The van der Waals surface area contributed by atoms with Crippen molar-refractivity contribution in [3.8, 4) is 5.75 Å². The van der Waals surface area contributed by atoms with E-state index in [0.717, 1.165) is 11.1 Å². The number of aliphatic carboxylic acids is 1. The Balaban J connectivity index is 1.55.